The maximum atomic E-state index is 11.2. The van der Waals surface area contributed by atoms with Crippen molar-refractivity contribution in [2.75, 3.05) is 6.54 Å². The molecule has 0 aromatic heterocycles. The molecule has 0 spiro atoms. The van der Waals surface area contributed by atoms with Crippen LogP contribution in [0.2, 0.25) is 0 Å². The Morgan fingerprint density at radius 1 is 1.22 bits per heavy atom. The molecule has 98 valence electrons. The molecule has 0 aliphatic rings. The van der Waals surface area contributed by atoms with Crippen LogP contribution < -0.4 is 10.8 Å². The summed E-state index contributed by atoms with van der Waals surface area (Å²) in [5, 5.41) is 11.2. The lowest BCUT2D eigenvalue weighted by Crippen LogP contribution is -2.22. The average Bonchev–Trinajstić information content (AvgIpc) is 2.39. The molecule has 0 bridgehead atoms. The number of hydroxylamine groups is 1. The van der Waals surface area contributed by atoms with Crippen molar-refractivity contribution in [1.82, 2.24) is 10.8 Å². The van der Waals surface area contributed by atoms with E-state index in [1.54, 1.807) is 17.6 Å². The summed E-state index contributed by atoms with van der Waals surface area (Å²) in [7, 11) is 0. The van der Waals surface area contributed by atoms with Crippen LogP contribution in [0.4, 0.5) is 0 Å². The normalized spacial score (nSPS) is 9.89. The van der Waals surface area contributed by atoms with Crippen LogP contribution in [0.3, 0.4) is 0 Å². The van der Waals surface area contributed by atoms with Gasteiger partial charge in [0.2, 0.25) is 5.91 Å². The second-order valence-electron chi connectivity index (χ2n) is 3.94. The van der Waals surface area contributed by atoms with Gasteiger partial charge in [0, 0.05) is 18.5 Å². The van der Waals surface area contributed by atoms with E-state index < -0.39 is 5.91 Å². The number of hydrogen-bond acceptors (Lipinski definition) is 3. The lowest BCUT2D eigenvalue weighted by molar-refractivity contribution is -0.121. The Balaban J connectivity index is 2.40. The van der Waals surface area contributed by atoms with Gasteiger partial charge in [0.05, 0.1) is 0 Å². The Labute approximate surface area is 106 Å². The summed E-state index contributed by atoms with van der Waals surface area (Å²) < 4.78 is 0. The van der Waals surface area contributed by atoms with E-state index in [9.17, 15) is 9.59 Å². The van der Waals surface area contributed by atoms with E-state index in [-0.39, 0.29) is 5.91 Å². The third-order valence-corrected chi connectivity index (χ3v) is 2.56. The summed E-state index contributed by atoms with van der Waals surface area (Å²) >= 11 is 0. The molecule has 0 fully saturated rings. The van der Waals surface area contributed by atoms with Gasteiger partial charge < -0.3 is 5.32 Å². The zero-order valence-corrected chi connectivity index (χ0v) is 10.4. The number of nitrogens with one attached hydrogen (secondary N) is 2. The van der Waals surface area contributed by atoms with E-state index in [1.165, 1.54) is 0 Å². The first-order valence-corrected chi connectivity index (χ1v) is 5.97. The molecule has 0 radical (unpaired) electrons. The van der Waals surface area contributed by atoms with Crippen molar-refractivity contribution >= 4 is 11.8 Å². The molecule has 0 saturated carbocycles. The first kappa shape index (κ1) is 14.2. The van der Waals surface area contributed by atoms with E-state index in [2.05, 4.69) is 5.32 Å². The molecule has 1 rings (SSSR count). The molecule has 5 heteroatoms. The van der Waals surface area contributed by atoms with Crippen molar-refractivity contribution in [2.24, 2.45) is 0 Å². The molecule has 0 atom stereocenters. The molecule has 1 aromatic carbocycles. The Morgan fingerprint density at radius 2 is 1.89 bits per heavy atom. The van der Waals surface area contributed by atoms with Gasteiger partial charge in [-0.3, -0.25) is 14.8 Å². The average molecular weight is 250 g/mol. The highest BCUT2D eigenvalue weighted by atomic mass is 16.5. The Kier molecular flexibility index (Phi) is 5.87. The van der Waals surface area contributed by atoms with Gasteiger partial charge in [-0.2, -0.15) is 0 Å². The monoisotopic (exact) mass is 250 g/mol. The first-order valence-electron chi connectivity index (χ1n) is 5.97. The van der Waals surface area contributed by atoms with Crippen LogP contribution in [0.1, 0.15) is 35.7 Å². The third-order valence-electron chi connectivity index (χ3n) is 2.56. The van der Waals surface area contributed by atoms with Gasteiger partial charge in [-0.1, -0.05) is 12.1 Å². The molecule has 5 nitrogen and oxygen atoms in total. The SMILES string of the molecule is CCNC(=O)CCCc1ccc(C(=O)NO)cc1. The van der Waals surface area contributed by atoms with Crippen LogP contribution in [-0.4, -0.2) is 23.6 Å². The van der Waals surface area contributed by atoms with Crippen LogP contribution in [0.5, 0.6) is 0 Å². The van der Waals surface area contributed by atoms with Gasteiger partial charge in [0.15, 0.2) is 0 Å². The minimum absolute atomic E-state index is 0.0637. The summed E-state index contributed by atoms with van der Waals surface area (Å²) in [6, 6.07) is 6.94. The highest BCUT2D eigenvalue weighted by Crippen LogP contribution is 2.08. The minimum Gasteiger partial charge on any atom is -0.356 e. The molecule has 2 amide bonds. The van der Waals surface area contributed by atoms with Crippen molar-refractivity contribution in [3.8, 4) is 0 Å². The summed E-state index contributed by atoms with van der Waals surface area (Å²) in [5.74, 6) is -0.461. The standard InChI is InChI=1S/C13H18N2O3/c1-2-14-12(16)5-3-4-10-6-8-11(9-7-10)13(17)15-18/h6-9,18H,2-5H2,1H3,(H,14,16)(H,15,17). The Morgan fingerprint density at radius 3 is 2.44 bits per heavy atom. The number of rotatable bonds is 6. The van der Waals surface area contributed by atoms with E-state index in [0.29, 0.717) is 18.5 Å². The van der Waals surface area contributed by atoms with Gasteiger partial charge in [0.25, 0.3) is 5.91 Å². The van der Waals surface area contributed by atoms with Crippen LogP contribution in [0, 0.1) is 0 Å². The number of amides is 2. The number of carbonyl (C=O) groups is 2. The summed E-state index contributed by atoms with van der Waals surface area (Å²) in [5.41, 5.74) is 3.05. The quantitative estimate of drug-likeness (QED) is 0.525. The first-order chi connectivity index (χ1) is 8.67. The van der Waals surface area contributed by atoms with Crippen molar-refractivity contribution in [2.45, 2.75) is 26.2 Å². The second-order valence-corrected chi connectivity index (χ2v) is 3.94. The lowest BCUT2D eigenvalue weighted by Gasteiger charge is -2.04. The minimum atomic E-state index is -0.524. The number of hydrogen-bond donors (Lipinski definition) is 3. The van der Waals surface area contributed by atoms with Crippen molar-refractivity contribution in [3.63, 3.8) is 0 Å². The summed E-state index contributed by atoms with van der Waals surface area (Å²) in [6.45, 7) is 2.55. The maximum absolute atomic E-state index is 11.2. The molecule has 0 unspecified atom stereocenters. The smallest absolute Gasteiger partial charge is 0.274 e. The van der Waals surface area contributed by atoms with Gasteiger partial charge in [-0.25, -0.2) is 5.48 Å². The number of aryl methyl sites for hydroxylation is 1. The molecule has 18 heavy (non-hydrogen) atoms. The fraction of sp³-hybridized carbons (Fsp3) is 0.385. The molecule has 0 heterocycles. The summed E-state index contributed by atoms with van der Waals surface area (Å²) in [6.07, 6.45) is 2.07. The molecule has 1 aromatic rings. The van der Waals surface area contributed by atoms with Crippen LogP contribution in [-0.2, 0) is 11.2 Å². The second kappa shape index (κ2) is 7.45. The molecule has 0 aliphatic carbocycles. The highest BCUT2D eigenvalue weighted by Gasteiger charge is 2.04. The van der Waals surface area contributed by atoms with Crippen molar-refractivity contribution < 1.29 is 14.8 Å². The van der Waals surface area contributed by atoms with Crippen molar-refractivity contribution in [3.05, 3.63) is 35.4 Å². The zero-order chi connectivity index (χ0) is 13.4. The summed E-state index contributed by atoms with van der Waals surface area (Å²) in [4.78, 5) is 22.3. The van der Waals surface area contributed by atoms with E-state index in [4.69, 9.17) is 5.21 Å². The molecular formula is C13H18N2O3. The van der Waals surface area contributed by atoms with Gasteiger partial charge in [0.1, 0.15) is 0 Å². The van der Waals surface area contributed by atoms with Crippen LogP contribution in [0.25, 0.3) is 0 Å². The van der Waals surface area contributed by atoms with Crippen LogP contribution in [0.15, 0.2) is 24.3 Å². The van der Waals surface area contributed by atoms with E-state index >= 15 is 0 Å². The zero-order valence-electron chi connectivity index (χ0n) is 10.4. The fourth-order valence-corrected chi connectivity index (χ4v) is 1.63. The van der Waals surface area contributed by atoms with Crippen LogP contribution >= 0.6 is 0 Å². The molecule has 0 aliphatic heterocycles. The molecule has 0 saturated heterocycles. The van der Waals surface area contributed by atoms with Gasteiger partial charge in [-0.15, -0.1) is 0 Å². The van der Waals surface area contributed by atoms with E-state index in [0.717, 1.165) is 18.4 Å². The number of carbonyl (C=O) groups excluding carboxylic acids is 2. The van der Waals surface area contributed by atoms with E-state index in [1.807, 2.05) is 19.1 Å². The Bertz CT molecular complexity index is 401. The Hall–Kier alpha value is -1.88. The largest absolute Gasteiger partial charge is 0.356 e. The fourth-order valence-electron chi connectivity index (χ4n) is 1.63. The molecular weight excluding hydrogens is 232 g/mol. The van der Waals surface area contributed by atoms with Crippen molar-refractivity contribution in [1.29, 1.82) is 0 Å². The predicted octanol–water partition coefficient (Wildman–Crippen LogP) is 1.26. The number of benzene rings is 1. The topological polar surface area (TPSA) is 78.4 Å². The molecule has 3 N–H and O–H groups in total. The highest BCUT2D eigenvalue weighted by molar-refractivity contribution is 5.93. The van der Waals surface area contributed by atoms with Gasteiger partial charge >= 0.3 is 0 Å². The predicted molar refractivity (Wildman–Crippen MR) is 67.3 cm³/mol. The third kappa shape index (κ3) is 4.55. The lowest BCUT2D eigenvalue weighted by atomic mass is 10.1. The maximum Gasteiger partial charge on any atom is 0.274 e. The van der Waals surface area contributed by atoms with Gasteiger partial charge in [-0.05, 0) is 37.5 Å².